The summed E-state index contributed by atoms with van der Waals surface area (Å²) in [4.78, 5) is 4.35. The Hall–Kier alpha value is -1.91. The third kappa shape index (κ3) is 2.30. The van der Waals surface area contributed by atoms with Crippen LogP contribution in [0.15, 0.2) is 30.3 Å². The smallest absolute Gasteiger partial charge is 0.206 e. The molecule has 108 valence electrons. The Bertz CT molecular complexity index is 843. The van der Waals surface area contributed by atoms with Gasteiger partial charge in [-0.05, 0) is 36.8 Å². The van der Waals surface area contributed by atoms with Gasteiger partial charge in [0.25, 0.3) is 0 Å². The number of nitrogen functional groups attached to an aromatic ring is 1. The van der Waals surface area contributed by atoms with Gasteiger partial charge in [0.1, 0.15) is 5.75 Å². The molecule has 0 aliphatic carbocycles. The number of aromatic nitrogens is 2. The third-order valence-corrected chi connectivity index (χ3v) is 3.99. The molecule has 0 amide bonds. The molecule has 0 radical (unpaired) electrons. The summed E-state index contributed by atoms with van der Waals surface area (Å²) >= 11 is 12.2. The van der Waals surface area contributed by atoms with Crippen molar-refractivity contribution in [2.24, 2.45) is 0 Å². The predicted molar refractivity (Wildman–Crippen MR) is 86.8 cm³/mol. The van der Waals surface area contributed by atoms with Crippen LogP contribution in [0.2, 0.25) is 10.0 Å². The molecule has 2 N–H and O–H groups in total. The quantitative estimate of drug-likeness (QED) is 0.768. The number of ether oxygens (including phenoxy) is 1. The number of nitrogens with zero attached hydrogens (tertiary/aromatic N) is 2. The summed E-state index contributed by atoms with van der Waals surface area (Å²) in [6.45, 7) is 1.92. The standard InChI is InChI=1S/C15H13Cl2N3O/c1-8-5-13(14(21-2)7-10(8)17)20-12-6-9(16)3-4-11(12)19-15(20)18/h3-7H,1-2H3,(H2,18,19). The molecule has 2 aromatic carbocycles. The van der Waals surface area contributed by atoms with Gasteiger partial charge in [-0.25, -0.2) is 4.98 Å². The zero-order chi connectivity index (χ0) is 15.1. The molecule has 0 unspecified atom stereocenters. The Labute approximate surface area is 132 Å². The van der Waals surface area contributed by atoms with E-state index in [9.17, 15) is 0 Å². The number of methoxy groups -OCH3 is 1. The number of rotatable bonds is 2. The Morgan fingerprint density at radius 2 is 1.95 bits per heavy atom. The normalized spacial score (nSPS) is 11.0. The zero-order valence-electron chi connectivity index (χ0n) is 11.5. The van der Waals surface area contributed by atoms with Crippen LogP contribution in [0, 0.1) is 6.92 Å². The largest absolute Gasteiger partial charge is 0.495 e. The number of aryl methyl sites for hydroxylation is 1. The predicted octanol–water partition coefficient (Wildman–Crippen LogP) is 4.23. The van der Waals surface area contributed by atoms with Crippen molar-refractivity contribution in [3.63, 3.8) is 0 Å². The van der Waals surface area contributed by atoms with E-state index in [1.54, 1.807) is 19.2 Å². The fourth-order valence-corrected chi connectivity index (χ4v) is 2.63. The molecular formula is C15H13Cl2N3O. The van der Waals surface area contributed by atoms with Gasteiger partial charge in [-0.2, -0.15) is 0 Å². The number of hydrogen-bond acceptors (Lipinski definition) is 3. The van der Waals surface area contributed by atoms with Crippen molar-refractivity contribution in [1.29, 1.82) is 0 Å². The number of hydrogen-bond donors (Lipinski definition) is 1. The summed E-state index contributed by atoms with van der Waals surface area (Å²) < 4.78 is 7.23. The van der Waals surface area contributed by atoms with Crippen molar-refractivity contribution < 1.29 is 4.74 Å². The van der Waals surface area contributed by atoms with E-state index in [1.165, 1.54) is 0 Å². The summed E-state index contributed by atoms with van der Waals surface area (Å²) in [5.74, 6) is 0.990. The second-order valence-corrected chi connectivity index (χ2v) is 5.56. The zero-order valence-corrected chi connectivity index (χ0v) is 13.0. The summed E-state index contributed by atoms with van der Waals surface area (Å²) in [5.41, 5.74) is 9.36. The third-order valence-electron chi connectivity index (χ3n) is 3.34. The van der Waals surface area contributed by atoms with Gasteiger partial charge in [-0.1, -0.05) is 23.2 Å². The summed E-state index contributed by atoms with van der Waals surface area (Å²) in [7, 11) is 1.59. The maximum atomic E-state index is 6.15. The maximum absolute atomic E-state index is 6.15. The molecule has 1 heterocycles. The highest BCUT2D eigenvalue weighted by Crippen LogP contribution is 2.34. The molecule has 0 fully saturated rings. The minimum absolute atomic E-state index is 0.368. The van der Waals surface area contributed by atoms with Crippen molar-refractivity contribution in [3.8, 4) is 11.4 Å². The molecule has 0 saturated heterocycles. The maximum Gasteiger partial charge on any atom is 0.206 e. The van der Waals surface area contributed by atoms with Gasteiger partial charge in [0.15, 0.2) is 0 Å². The highest BCUT2D eigenvalue weighted by atomic mass is 35.5. The van der Waals surface area contributed by atoms with Crippen molar-refractivity contribution >= 4 is 40.2 Å². The number of fused-ring (bicyclic) bond motifs is 1. The first-order valence-corrected chi connectivity index (χ1v) is 7.05. The van der Waals surface area contributed by atoms with E-state index in [-0.39, 0.29) is 0 Å². The summed E-state index contributed by atoms with van der Waals surface area (Å²) in [6.07, 6.45) is 0. The van der Waals surface area contributed by atoms with E-state index in [1.807, 2.05) is 29.7 Å². The molecule has 3 rings (SSSR count). The monoisotopic (exact) mass is 321 g/mol. The minimum atomic E-state index is 0.368. The number of imidazole rings is 1. The first-order valence-electron chi connectivity index (χ1n) is 6.29. The van der Waals surface area contributed by atoms with Gasteiger partial charge >= 0.3 is 0 Å². The van der Waals surface area contributed by atoms with Gasteiger partial charge in [-0.3, -0.25) is 4.57 Å². The highest BCUT2D eigenvalue weighted by Gasteiger charge is 2.15. The number of anilines is 1. The van der Waals surface area contributed by atoms with Crippen LogP contribution >= 0.6 is 23.2 Å². The van der Waals surface area contributed by atoms with E-state index in [2.05, 4.69) is 4.98 Å². The molecule has 0 bridgehead atoms. The molecule has 21 heavy (non-hydrogen) atoms. The van der Waals surface area contributed by atoms with E-state index >= 15 is 0 Å². The minimum Gasteiger partial charge on any atom is -0.495 e. The summed E-state index contributed by atoms with van der Waals surface area (Å²) in [6, 6.07) is 9.12. The van der Waals surface area contributed by atoms with Crippen molar-refractivity contribution in [1.82, 2.24) is 9.55 Å². The average molecular weight is 322 g/mol. The van der Waals surface area contributed by atoms with Crippen molar-refractivity contribution in [2.45, 2.75) is 6.92 Å². The SMILES string of the molecule is COc1cc(Cl)c(C)cc1-n1c(N)nc2ccc(Cl)cc21. The average Bonchev–Trinajstić information content (AvgIpc) is 2.76. The van der Waals surface area contributed by atoms with Crippen LogP contribution < -0.4 is 10.5 Å². The first kappa shape index (κ1) is 14.0. The van der Waals surface area contributed by atoms with E-state index in [4.69, 9.17) is 33.7 Å². The topological polar surface area (TPSA) is 53.1 Å². The van der Waals surface area contributed by atoms with Crippen LogP contribution in [0.25, 0.3) is 16.7 Å². The van der Waals surface area contributed by atoms with E-state index < -0.39 is 0 Å². The van der Waals surface area contributed by atoms with Crippen LogP contribution in [0.4, 0.5) is 5.95 Å². The van der Waals surface area contributed by atoms with Crippen LogP contribution in [-0.4, -0.2) is 16.7 Å². The number of halogens is 2. The first-order chi connectivity index (χ1) is 10.0. The Morgan fingerprint density at radius 3 is 2.67 bits per heavy atom. The molecule has 0 aliphatic rings. The van der Waals surface area contributed by atoms with Crippen LogP contribution in [-0.2, 0) is 0 Å². The lowest BCUT2D eigenvalue weighted by Crippen LogP contribution is -2.03. The molecule has 0 aliphatic heterocycles. The molecule has 6 heteroatoms. The van der Waals surface area contributed by atoms with Gasteiger partial charge in [0.2, 0.25) is 5.95 Å². The molecule has 0 saturated carbocycles. The lowest BCUT2D eigenvalue weighted by Gasteiger charge is -2.13. The highest BCUT2D eigenvalue weighted by molar-refractivity contribution is 6.31. The lowest BCUT2D eigenvalue weighted by atomic mass is 10.2. The molecule has 0 spiro atoms. The van der Waals surface area contributed by atoms with Gasteiger partial charge in [0.05, 0.1) is 23.8 Å². The molecule has 4 nitrogen and oxygen atoms in total. The number of nitrogens with two attached hydrogens (primary N) is 1. The van der Waals surface area contributed by atoms with E-state index in [0.29, 0.717) is 21.7 Å². The fraction of sp³-hybridized carbons (Fsp3) is 0.133. The van der Waals surface area contributed by atoms with E-state index in [0.717, 1.165) is 22.3 Å². The lowest BCUT2D eigenvalue weighted by molar-refractivity contribution is 0.413. The van der Waals surface area contributed by atoms with Crippen LogP contribution in [0.5, 0.6) is 5.75 Å². The van der Waals surface area contributed by atoms with Crippen LogP contribution in [0.3, 0.4) is 0 Å². The number of benzene rings is 2. The van der Waals surface area contributed by atoms with Gasteiger partial charge in [0, 0.05) is 16.1 Å². The van der Waals surface area contributed by atoms with Gasteiger partial charge in [-0.15, -0.1) is 0 Å². The second kappa shape index (κ2) is 5.13. The molecule has 3 aromatic rings. The fourth-order valence-electron chi connectivity index (χ4n) is 2.31. The Morgan fingerprint density at radius 1 is 1.19 bits per heavy atom. The van der Waals surface area contributed by atoms with Crippen molar-refractivity contribution in [2.75, 3.05) is 12.8 Å². The van der Waals surface area contributed by atoms with Crippen LogP contribution in [0.1, 0.15) is 5.56 Å². The second-order valence-electron chi connectivity index (χ2n) is 4.71. The summed E-state index contributed by atoms with van der Waals surface area (Å²) in [5, 5.41) is 1.25. The molecule has 0 atom stereocenters. The Kier molecular flexibility index (Phi) is 3.43. The van der Waals surface area contributed by atoms with Crippen molar-refractivity contribution in [3.05, 3.63) is 45.9 Å². The molecule has 1 aromatic heterocycles. The van der Waals surface area contributed by atoms with Gasteiger partial charge < -0.3 is 10.5 Å². The Balaban J connectivity index is 2.37. The molecular weight excluding hydrogens is 309 g/mol.